The first-order valence-corrected chi connectivity index (χ1v) is 8.60. The summed E-state index contributed by atoms with van der Waals surface area (Å²) in [6, 6.07) is 10.1. The van der Waals surface area contributed by atoms with Crippen molar-refractivity contribution in [2.75, 3.05) is 0 Å². The third kappa shape index (κ3) is 4.00. The average Bonchev–Trinajstić information content (AvgIpc) is 3.05. The van der Waals surface area contributed by atoms with E-state index in [-0.39, 0.29) is 5.60 Å². The van der Waals surface area contributed by atoms with Crippen molar-refractivity contribution in [3.05, 3.63) is 30.3 Å². The van der Waals surface area contributed by atoms with E-state index in [1.807, 2.05) is 30.3 Å². The van der Waals surface area contributed by atoms with E-state index in [0.717, 1.165) is 18.6 Å². The van der Waals surface area contributed by atoms with Gasteiger partial charge < -0.3 is 9.47 Å². The van der Waals surface area contributed by atoms with Crippen LogP contribution in [0.2, 0.25) is 0 Å². The second-order valence-corrected chi connectivity index (χ2v) is 6.42. The average molecular weight is 290 g/mol. The van der Waals surface area contributed by atoms with Crippen LogP contribution in [-0.4, -0.2) is 11.4 Å². The molecule has 0 N–H and O–H groups in total. The van der Waals surface area contributed by atoms with E-state index in [9.17, 15) is 0 Å². The summed E-state index contributed by atoms with van der Waals surface area (Å²) in [7, 11) is 0. The SMILES string of the molecule is CCCCCC1(C)OC1(CCCCC)Oc1ccccc1. The van der Waals surface area contributed by atoms with Crippen LogP contribution >= 0.6 is 0 Å². The number of rotatable bonds is 10. The molecule has 1 fully saturated rings. The topological polar surface area (TPSA) is 21.8 Å². The number of hydrogen-bond donors (Lipinski definition) is 0. The summed E-state index contributed by atoms with van der Waals surface area (Å²) in [5.41, 5.74) is -0.105. The van der Waals surface area contributed by atoms with E-state index in [1.54, 1.807) is 0 Å². The first kappa shape index (κ1) is 16.4. The molecule has 1 saturated heterocycles. The second kappa shape index (κ2) is 7.31. The van der Waals surface area contributed by atoms with Gasteiger partial charge in [-0.2, -0.15) is 0 Å². The highest BCUT2D eigenvalue weighted by molar-refractivity contribution is 5.24. The number of epoxide rings is 1. The van der Waals surface area contributed by atoms with Gasteiger partial charge in [-0.1, -0.05) is 64.2 Å². The fourth-order valence-corrected chi connectivity index (χ4v) is 3.07. The van der Waals surface area contributed by atoms with E-state index in [0.29, 0.717) is 0 Å². The monoisotopic (exact) mass is 290 g/mol. The summed E-state index contributed by atoms with van der Waals surface area (Å²) in [4.78, 5) is 0. The van der Waals surface area contributed by atoms with Crippen molar-refractivity contribution in [1.29, 1.82) is 0 Å². The van der Waals surface area contributed by atoms with Gasteiger partial charge in [-0.05, 0) is 31.9 Å². The van der Waals surface area contributed by atoms with Crippen LogP contribution in [0.3, 0.4) is 0 Å². The second-order valence-electron chi connectivity index (χ2n) is 6.42. The highest BCUT2D eigenvalue weighted by atomic mass is 16.8. The molecule has 0 aromatic heterocycles. The third-order valence-electron chi connectivity index (χ3n) is 4.55. The Morgan fingerprint density at radius 2 is 1.52 bits per heavy atom. The Balaban J connectivity index is 1.99. The fourth-order valence-electron chi connectivity index (χ4n) is 3.07. The summed E-state index contributed by atoms with van der Waals surface area (Å²) >= 11 is 0. The van der Waals surface area contributed by atoms with Crippen LogP contribution < -0.4 is 4.74 Å². The molecule has 2 heteroatoms. The zero-order valence-corrected chi connectivity index (χ0v) is 13.9. The minimum atomic E-state index is -0.392. The van der Waals surface area contributed by atoms with Crippen LogP contribution in [0.1, 0.15) is 72.1 Å². The van der Waals surface area contributed by atoms with Crippen LogP contribution in [-0.2, 0) is 4.74 Å². The maximum atomic E-state index is 6.28. The molecule has 2 atom stereocenters. The molecule has 118 valence electrons. The van der Waals surface area contributed by atoms with Gasteiger partial charge in [0.05, 0.1) is 0 Å². The smallest absolute Gasteiger partial charge is 0.240 e. The van der Waals surface area contributed by atoms with E-state index in [1.165, 1.54) is 38.5 Å². The lowest BCUT2D eigenvalue weighted by atomic mass is 9.93. The van der Waals surface area contributed by atoms with Crippen LogP contribution in [0.25, 0.3) is 0 Å². The Morgan fingerprint density at radius 1 is 0.905 bits per heavy atom. The van der Waals surface area contributed by atoms with Crippen molar-refractivity contribution in [3.63, 3.8) is 0 Å². The van der Waals surface area contributed by atoms with Crippen molar-refractivity contribution in [2.45, 2.75) is 83.5 Å². The summed E-state index contributed by atoms with van der Waals surface area (Å²) in [6.07, 6.45) is 9.49. The molecule has 2 nitrogen and oxygen atoms in total. The third-order valence-corrected chi connectivity index (χ3v) is 4.55. The van der Waals surface area contributed by atoms with Gasteiger partial charge in [0.1, 0.15) is 11.4 Å². The molecule has 1 aromatic carbocycles. The van der Waals surface area contributed by atoms with Crippen molar-refractivity contribution >= 4 is 0 Å². The minimum Gasteiger partial charge on any atom is -0.459 e. The molecule has 0 spiro atoms. The van der Waals surface area contributed by atoms with Gasteiger partial charge in [0, 0.05) is 6.42 Å². The molecular formula is C19H30O2. The highest BCUT2D eigenvalue weighted by Gasteiger charge is 2.68. The molecule has 0 aliphatic carbocycles. The van der Waals surface area contributed by atoms with Crippen molar-refractivity contribution in [3.8, 4) is 5.75 Å². The van der Waals surface area contributed by atoms with Gasteiger partial charge in [0.15, 0.2) is 0 Å². The van der Waals surface area contributed by atoms with E-state index in [2.05, 4.69) is 20.8 Å². The summed E-state index contributed by atoms with van der Waals surface area (Å²) in [5.74, 6) is 0.533. The van der Waals surface area contributed by atoms with Crippen LogP contribution in [0.4, 0.5) is 0 Å². The minimum absolute atomic E-state index is 0.105. The maximum Gasteiger partial charge on any atom is 0.240 e. The molecule has 2 unspecified atom stereocenters. The zero-order valence-electron chi connectivity index (χ0n) is 13.9. The first-order valence-electron chi connectivity index (χ1n) is 8.60. The Hall–Kier alpha value is -1.02. The lowest BCUT2D eigenvalue weighted by molar-refractivity contribution is 0.0512. The van der Waals surface area contributed by atoms with Crippen molar-refractivity contribution in [1.82, 2.24) is 0 Å². The lowest BCUT2D eigenvalue weighted by Gasteiger charge is -2.19. The first-order chi connectivity index (χ1) is 10.2. The molecule has 2 rings (SSSR count). The highest BCUT2D eigenvalue weighted by Crippen LogP contribution is 2.54. The molecular weight excluding hydrogens is 260 g/mol. The molecule has 0 bridgehead atoms. The van der Waals surface area contributed by atoms with Gasteiger partial charge in [0.25, 0.3) is 0 Å². The number of ether oxygens (including phenoxy) is 2. The lowest BCUT2D eigenvalue weighted by Crippen LogP contribution is -2.30. The number of unbranched alkanes of at least 4 members (excludes halogenated alkanes) is 4. The Labute approximate surface area is 129 Å². The molecule has 1 aromatic rings. The molecule has 1 heterocycles. The Morgan fingerprint density at radius 3 is 2.14 bits per heavy atom. The molecule has 0 amide bonds. The number of para-hydroxylation sites is 1. The Kier molecular flexibility index (Phi) is 5.69. The van der Waals surface area contributed by atoms with Crippen LogP contribution in [0, 0.1) is 0 Å². The standard InChI is InChI=1S/C19H30O2/c1-4-6-11-15-18(3)19(21-18,16-12-7-5-2)20-17-13-9-8-10-14-17/h8-10,13-14H,4-7,11-12,15-16H2,1-3H3. The quantitative estimate of drug-likeness (QED) is 0.406. The predicted octanol–water partition coefficient (Wildman–Crippen LogP) is 5.71. The van der Waals surface area contributed by atoms with Gasteiger partial charge in [-0.25, -0.2) is 0 Å². The maximum absolute atomic E-state index is 6.28. The number of benzene rings is 1. The van der Waals surface area contributed by atoms with Crippen LogP contribution in [0.5, 0.6) is 5.75 Å². The molecule has 0 saturated carbocycles. The summed E-state index contributed by atoms with van der Waals surface area (Å²) < 4.78 is 12.5. The zero-order chi connectivity index (χ0) is 15.2. The number of hydrogen-bond acceptors (Lipinski definition) is 2. The molecule has 1 aliphatic rings. The van der Waals surface area contributed by atoms with E-state index < -0.39 is 5.79 Å². The largest absolute Gasteiger partial charge is 0.459 e. The van der Waals surface area contributed by atoms with Gasteiger partial charge >= 0.3 is 0 Å². The normalized spacial score (nSPS) is 27.6. The summed E-state index contributed by atoms with van der Waals surface area (Å²) in [5, 5.41) is 0. The fraction of sp³-hybridized carbons (Fsp3) is 0.684. The predicted molar refractivity (Wildman–Crippen MR) is 87.6 cm³/mol. The van der Waals surface area contributed by atoms with Gasteiger partial charge in [-0.3, -0.25) is 0 Å². The van der Waals surface area contributed by atoms with Crippen LogP contribution in [0.15, 0.2) is 30.3 Å². The van der Waals surface area contributed by atoms with Crippen molar-refractivity contribution < 1.29 is 9.47 Å². The Bertz CT molecular complexity index is 417. The summed E-state index contributed by atoms with van der Waals surface area (Å²) in [6.45, 7) is 6.70. The van der Waals surface area contributed by atoms with E-state index in [4.69, 9.17) is 9.47 Å². The molecule has 21 heavy (non-hydrogen) atoms. The molecule has 1 aliphatic heterocycles. The molecule has 0 radical (unpaired) electrons. The van der Waals surface area contributed by atoms with E-state index >= 15 is 0 Å². The van der Waals surface area contributed by atoms with Gasteiger partial charge in [0.2, 0.25) is 5.79 Å². The van der Waals surface area contributed by atoms with Gasteiger partial charge in [-0.15, -0.1) is 0 Å². The van der Waals surface area contributed by atoms with Crippen molar-refractivity contribution in [2.24, 2.45) is 0 Å².